The van der Waals surface area contributed by atoms with Crippen LogP contribution < -0.4 is 0 Å². The van der Waals surface area contributed by atoms with Gasteiger partial charge in [0.2, 0.25) is 0 Å². The van der Waals surface area contributed by atoms with Gasteiger partial charge in [0.1, 0.15) is 11.4 Å². The van der Waals surface area contributed by atoms with Crippen molar-refractivity contribution in [3.63, 3.8) is 0 Å². The van der Waals surface area contributed by atoms with Crippen molar-refractivity contribution < 1.29 is 9.50 Å². The van der Waals surface area contributed by atoms with E-state index >= 15 is 0 Å². The van der Waals surface area contributed by atoms with Crippen LogP contribution in [0.3, 0.4) is 0 Å². The van der Waals surface area contributed by atoms with Gasteiger partial charge in [-0.2, -0.15) is 0 Å². The number of halogens is 2. The van der Waals surface area contributed by atoms with E-state index < -0.39 is 11.4 Å². The second-order valence-corrected chi connectivity index (χ2v) is 4.61. The molecule has 4 heteroatoms. The molecule has 15 heavy (non-hydrogen) atoms. The summed E-state index contributed by atoms with van der Waals surface area (Å²) < 4.78 is 13.1. The number of likely N-dealkylation sites (tertiary alicyclic amines) is 1. The minimum absolute atomic E-state index is 0.327. The smallest absolute Gasteiger partial charge is 0.125 e. The van der Waals surface area contributed by atoms with Crippen molar-refractivity contribution in [2.24, 2.45) is 0 Å². The molecule has 1 aliphatic rings. The van der Waals surface area contributed by atoms with Crippen LogP contribution in [0.15, 0.2) is 18.2 Å². The Kier molecular flexibility index (Phi) is 2.71. The molecule has 1 heterocycles. The number of aliphatic hydroxyl groups is 1. The predicted octanol–water partition coefficient (Wildman–Crippen LogP) is 2.00. The second-order valence-electron chi connectivity index (χ2n) is 4.18. The van der Waals surface area contributed by atoms with Gasteiger partial charge >= 0.3 is 0 Å². The fourth-order valence-corrected chi connectivity index (χ4v) is 2.26. The molecule has 0 spiro atoms. The number of hydrogen-bond acceptors (Lipinski definition) is 2. The average Bonchev–Trinajstić information content (AvgIpc) is 2.46. The van der Waals surface area contributed by atoms with Crippen molar-refractivity contribution in [2.45, 2.75) is 12.0 Å². The number of benzene rings is 1. The molecule has 0 radical (unpaired) electrons. The van der Waals surface area contributed by atoms with E-state index in [4.69, 9.17) is 11.6 Å². The standard InChI is InChI=1S/C11H13ClFNO/c1-14-3-2-11(15,7-14)8-4-9(12)6-10(13)5-8/h4-6,15H,2-3,7H2,1H3. The Morgan fingerprint density at radius 2 is 2.20 bits per heavy atom. The maximum absolute atomic E-state index is 13.1. The molecule has 1 aromatic carbocycles. The molecular formula is C11H13ClFNO. The van der Waals surface area contributed by atoms with Crippen LogP contribution in [-0.4, -0.2) is 30.1 Å². The first-order chi connectivity index (χ1) is 6.99. The van der Waals surface area contributed by atoms with Crippen LogP contribution in [-0.2, 0) is 5.60 Å². The van der Waals surface area contributed by atoms with Crippen molar-refractivity contribution in [1.29, 1.82) is 0 Å². The Morgan fingerprint density at radius 1 is 1.47 bits per heavy atom. The van der Waals surface area contributed by atoms with Crippen molar-refractivity contribution in [1.82, 2.24) is 4.90 Å². The highest BCUT2D eigenvalue weighted by Crippen LogP contribution is 2.32. The summed E-state index contributed by atoms with van der Waals surface area (Å²) in [5, 5.41) is 10.6. The minimum Gasteiger partial charge on any atom is -0.384 e. The molecule has 1 aliphatic heterocycles. The first-order valence-corrected chi connectivity index (χ1v) is 5.25. The maximum Gasteiger partial charge on any atom is 0.125 e. The summed E-state index contributed by atoms with van der Waals surface area (Å²) >= 11 is 5.76. The molecule has 1 aromatic rings. The van der Waals surface area contributed by atoms with Gasteiger partial charge in [0, 0.05) is 18.1 Å². The van der Waals surface area contributed by atoms with Crippen molar-refractivity contribution in [2.75, 3.05) is 20.1 Å². The molecule has 0 saturated carbocycles. The summed E-state index contributed by atoms with van der Waals surface area (Å²) in [5.74, 6) is -0.402. The molecule has 2 nitrogen and oxygen atoms in total. The number of β-amino-alcohol motifs (C(OH)–C–C–N with tert-alkyl or cyclic N) is 1. The zero-order valence-electron chi connectivity index (χ0n) is 8.50. The molecular weight excluding hydrogens is 217 g/mol. The van der Waals surface area contributed by atoms with Crippen LogP contribution in [0, 0.1) is 5.82 Å². The lowest BCUT2D eigenvalue weighted by Gasteiger charge is -2.23. The molecule has 1 saturated heterocycles. The highest BCUT2D eigenvalue weighted by Gasteiger charge is 2.36. The molecule has 82 valence electrons. The minimum atomic E-state index is -0.958. The fraction of sp³-hybridized carbons (Fsp3) is 0.455. The monoisotopic (exact) mass is 229 g/mol. The lowest BCUT2D eigenvalue weighted by Crippen LogP contribution is -2.29. The average molecular weight is 230 g/mol. The van der Waals surface area contributed by atoms with Gasteiger partial charge in [-0.25, -0.2) is 4.39 Å². The topological polar surface area (TPSA) is 23.5 Å². The third-order valence-corrected chi connectivity index (χ3v) is 3.06. The maximum atomic E-state index is 13.1. The highest BCUT2D eigenvalue weighted by atomic mass is 35.5. The lowest BCUT2D eigenvalue weighted by molar-refractivity contribution is 0.0486. The van der Waals surface area contributed by atoms with E-state index in [1.807, 2.05) is 11.9 Å². The lowest BCUT2D eigenvalue weighted by atomic mass is 9.93. The van der Waals surface area contributed by atoms with Crippen LogP contribution >= 0.6 is 11.6 Å². The van der Waals surface area contributed by atoms with Crippen molar-refractivity contribution >= 4 is 11.6 Å². The molecule has 1 unspecified atom stereocenters. The van der Waals surface area contributed by atoms with E-state index in [-0.39, 0.29) is 0 Å². The van der Waals surface area contributed by atoms with Gasteiger partial charge in [-0.1, -0.05) is 11.6 Å². The summed E-state index contributed by atoms with van der Waals surface area (Å²) in [5.41, 5.74) is -0.391. The fourth-order valence-electron chi connectivity index (χ4n) is 2.04. The van der Waals surface area contributed by atoms with Gasteiger partial charge in [0.05, 0.1) is 0 Å². The van der Waals surface area contributed by atoms with Crippen LogP contribution in [0.4, 0.5) is 4.39 Å². The molecule has 0 aromatic heterocycles. The largest absolute Gasteiger partial charge is 0.384 e. The van der Waals surface area contributed by atoms with Gasteiger partial charge in [0.15, 0.2) is 0 Å². The van der Waals surface area contributed by atoms with E-state index in [2.05, 4.69) is 0 Å². The molecule has 0 amide bonds. The zero-order valence-corrected chi connectivity index (χ0v) is 9.26. The highest BCUT2D eigenvalue weighted by molar-refractivity contribution is 6.30. The molecule has 2 rings (SSSR count). The zero-order chi connectivity index (χ0) is 11.1. The summed E-state index contributed by atoms with van der Waals surface area (Å²) in [7, 11) is 1.93. The molecule has 0 aliphatic carbocycles. The number of rotatable bonds is 1. The SMILES string of the molecule is CN1CCC(O)(c2cc(F)cc(Cl)c2)C1. The van der Waals surface area contributed by atoms with Crippen LogP contribution in [0.5, 0.6) is 0 Å². The van der Waals surface area contributed by atoms with Crippen molar-refractivity contribution in [3.8, 4) is 0 Å². The molecule has 1 fully saturated rings. The Hall–Kier alpha value is -0.640. The summed E-state index contributed by atoms with van der Waals surface area (Å²) in [6.45, 7) is 1.33. The third kappa shape index (κ3) is 2.14. The quantitative estimate of drug-likeness (QED) is 0.796. The Labute approximate surface area is 93.3 Å². The predicted molar refractivity (Wildman–Crippen MR) is 57.4 cm³/mol. The molecule has 1 N–H and O–H groups in total. The van der Waals surface area contributed by atoms with Gasteiger partial charge in [-0.05, 0) is 37.2 Å². The number of nitrogens with zero attached hydrogens (tertiary/aromatic N) is 1. The molecule has 1 atom stereocenters. The summed E-state index contributed by atoms with van der Waals surface area (Å²) in [4.78, 5) is 2.01. The van der Waals surface area contributed by atoms with Crippen LogP contribution in [0.1, 0.15) is 12.0 Å². The van der Waals surface area contributed by atoms with Crippen LogP contribution in [0.2, 0.25) is 5.02 Å². The van der Waals surface area contributed by atoms with Gasteiger partial charge in [0.25, 0.3) is 0 Å². The van der Waals surface area contributed by atoms with Crippen molar-refractivity contribution in [3.05, 3.63) is 34.6 Å². The summed E-state index contributed by atoms with van der Waals surface area (Å²) in [6, 6.07) is 4.22. The van der Waals surface area contributed by atoms with Gasteiger partial charge in [-0.3, -0.25) is 0 Å². The Morgan fingerprint density at radius 3 is 2.73 bits per heavy atom. The number of hydrogen-bond donors (Lipinski definition) is 1. The first kappa shape index (κ1) is 10.9. The van der Waals surface area contributed by atoms with Crippen LogP contribution in [0.25, 0.3) is 0 Å². The van der Waals surface area contributed by atoms with Gasteiger partial charge in [-0.15, -0.1) is 0 Å². The van der Waals surface area contributed by atoms with E-state index in [0.29, 0.717) is 23.6 Å². The molecule has 0 bridgehead atoms. The number of likely N-dealkylation sites (N-methyl/N-ethyl adjacent to an activating group) is 1. The first-order valence-electron chi connectivity index (χ1n) is 4.87. The third-order valence-electron chi connectivity index (χ3n) is 2.84. The van der Waals surface area contributed by atoms with E-state index in [9.17, 15) is 9.50 Å². The Balaban J connectivity index is 2.36. The second kappa shape index (κ2) is 3.74. The normalized spacial score (nSPS) is 27.2. The van der Waals surface area contributed by atoms with Gasteiger partial charge < -0.3 is 10.0 Å². The van der Waals surface area contributed by atoms with E-state index in [1.54, 1.807) is 6.07 Å². The summed E-state index contributed by atoms with van der Waals surface area (Å²) in [6.07, 6.45) is 0.614. The Bertz CT molecular complexity index is 365. The van der Waals surface area contributed by atoms with E-state index in [0.717, 1.165) is 6.54 Å². The van der Waals surface area contributed by atoms with E-state index in [1.165, 1.54) is 12.1 Å².